The number of anilines is 3. The van der Waals surface area contributed by atoms with Crippen LogP contribution in [0.4, 0.5) is 17.3 Å². The van der Waals surface area contributed by atoms with Gasteiger partial charge in [0.2, 0.25) is 0 Å². The molecule has 134 valence electrons. The summed E-state index contributed by atoms with van der Waals surface area (Å²) >= 11 is 0. The Morgan fingerprint density at radius 3 is 2.72 bits per heavy atom. The Kier molecular flexibility index (Phi) is 6.03. The van der Waals surface area contributed by atoms with Crippen molar-refractivity contribution in [2.45, 2.75) is 6.42 Å². The average molecular weight is 343 g/mol. The molecule has 0 atom stereocenters. The van der Waals surface area contributed by atoms with Crippen molar-refractivity contribution in [2.24, 2.45) is 0 Å². The first-order chi connectivity index (χ1) is 12.3. The Balaban J connectivity index is 1.70. The molecule has 25 heavy (non-hydrogen) atoms. The predicted octanol–water partition coefficient (Wildman–Crippen LogP) is 2.01. The number of ether oxygens (including phenoxy) is 2. The maximum Gasteiger partial charge on any atom is 0.169 e. The number of nitrogens with zero attached hydrogens (tertiary/aromatic N) is 3. The first kappa shape index (κ1) is 17.4. The topological polar surface area (TPSA) is 85.5 Å². The number of rotatable bonds is 7. The van der Waals surface area contributed by atoms with Crippen molar-refractivity contribution in [3.05, 3.63) is 30.5 Å². The highest BCUT2D eigenvalue weighted by Crippen LogP contribution is 2.24. The summed E-state index contributed by atoms with van der Waals surface area (Å²) in [4.78, 5) is 11.2. The van der Waals surface area contributed by atoms with Crippen molar-refractivity contribution in [2.75, 3.05) is 62.5 Å². The van der Waals surface area contributed by atoms with Gasteiger partial charge in [0.1, 0.15) is 0 Å². The SMILES string of the molecule is COCCCNc1nc(-c2ccc(N3CCOCC3)cc2)cnc1N. The zero-order valence-corrected chi connectivity index (χ0v) is 14.6. The van der Waals surface area contributed by atoms with Gasteiger partial charge < -0.3 is 25.4 Å². The summed E-state index contributed by atoms with van der Waals surface area (Å²) in [6.07, 6.45) is 2.59. The largest absolute Gasteiger partial charge is 0.385 e. The lowest BCUT2D eigenvalue weighted by molar-refractivity contribution is 0.122. The summed E-state index contributed by atoms with van der Waals surface area (Å²) in [6, 6.07) is 8.37. The molecule has 1 aromatic carbocycles. The zero-order valence-electron chi connectivity index (χ0n) is 14.6. The van der Waals surface area contributed by atoms with Crippen molar-refractivity contribution in [3.63, 3.8) is 0 Å². The van der Waals surface area contributed by atoms with E-state index in [1.165, 1.54) is 5.69 Å². The van der Waals surface area contributed by atoms with Gasteiger partial charge in [-0.2, -0.15) is 0 Å². The molecule has 3 rings (SSSR count). The van der Waals surface area contributed by atoms with Gasteiger partial charge in [-0.05, 0) is 18.6 Å². The number of nitrogens with two attached hydrogens (primary N) is 1. The van der Waals surface area contributed by atoms with Crippen molar-refractivity contribution in [3.8, 4) is 11.3 Å². The second-order valence-corrected chi connectivity index (χ2v) is 5.91. The van der Waals surface area contributed by atoms with E-state index in [4.69, 9.17) is 15.2 Å². The summed E-state index contributed by atoms with van der Waals surface area (Å²) in [5.74, 6) is 1.02. The van der Waals surface area contributed by atoms with E-state index in [-0.39, 0.29) is 0 Å². The van der Waals surface area contributed by atoms with Crippen LogP contribution in [0.5, 0.6) is 0 Å². The summed E-state index contributed by atoms with van der Waals surface area (Å²) in [5, 5.41) is 3.22. The normalized spacial score (nSPS) is 14.5. The van der Waals surface area contributed by atoms with Crippen molar-refractivity contribution in [1.29, 1.82) is 0 Å². The molecule has 7 heteroatoms. The summed E-state index contributed by atoms with van der Waals surface area (Å²) in [5.41, 5.74) is 8.94. The minimum Gasteiger partial charge on any atom is -0.385 e. The molecule has 0 bridgehead atoms. The van der Waals surface area contributed by atoms with Crippen LogP contribution in [0.3, 0.4) is 0 Å². The second-order valence-electron chi connectivity index (χ2n) is 5.91. The summed E-state index contributed by atoms with van der Waals surface area (Å²) in [7, 11) is 1.69. The number of hydrogen-bond donors (Lipinski definition) is 2. The fraction of sp³-hybridized carbons (Fsp3) is 0.444. The molecule has 0 saturated carbocycles. The van der Waals surface area contributed by atoms with Gasteiger partial charge in [0.05, 0.1) is 25.1 Å². The minimum atomic E-state index is 0.408. The number of morpholine rings is 1. The molecule has 1 aromatic heterocycles. The van der Waals surface area contributed by atoms with Gasteiger partial charge in [-0.1, -0.05) is 12.1 Å². The molecule has 2 heterocycles. The maximum absolute atomic E-state index is 5.92. The zero-order chi connectivity index (χ0) is 17.5. The van der Waals surface area contributed by atoms with Crippen LogP contribution in [-0.4, -0.2) is 56.5 Å². The van der Waals surface area contributed by atoms with Gasteiger partial charge >= 0.3 is 0 Å². The molecule has 0 unspecified atom stereocenters. The average Bonchev–Trinajstić information content (AvgIpc) is 2.67. The number of aromatic nitrogens is 2. The van der Waals surface area contributed by atoms with E-state index in [1.54, 1.807) is 13.3 Å². The van der Waals surface area contributed by atoms with Crippen LogP contribution < -0.4 is 16.0 Å². The third-order valence-corrected chi connectivity index (χ3v) is 4.16. The van der Waals surface area contributed by atoms with E-state index < -0.39 is 0 Å². The highest BCUT2D eigenvalue weighted by atomic mass is 16.5. The minimum absolute atomic E-state index is 0.408. The van der Waals surface area contributed by atoms with Crippen LogP contribution in [0.15, 0.2) is 30.5 Å². The van der Waals surface area contributed by atoms with Crippen LogP contribution in [0, 0.1) is 0 Å². The van der Waals surface area contributed by atoms with Gasteiger partial charge in [-0.15, -0.1) is 0 Å². The van der Waals surface area contributed by atoms with Crippen LogP contribution in [0.1, 0.15) is 6.42 Å². The molecule has 1 fully saturated rings. The molecule has 7 nitrogen and oxygen atoms in total. The molecule has 0 spiro atoms. The first-order valence-electron chi connectivity index (χ1n) is 8.56. The predicted molar refractivity (Wildman–Crippen MR) is 99.9 cm³/mol. The lowest BCUT2D eigenvalue weighted by Crippen LogP contribution is -2.36. The Morgan fingerprint density at radius 2 is 2.00 bits per heavy atom. The molecule has 1 aliphatic heterocycles. The van der Waals surface area contributed by atoms with E-state index in [0.717, 1.165) is 50.5 Å². The quantitative estimate of drug-likeness (QED) is 0.744. The van der Waals surface area contributed by atoms with Crippen LogP contribution in [-0.2, 0) is 9.47 Å². The molecule has 0 aliphatic carbocycles. The number of nitrogen functional groups attached to an aromatic ring is 1. The van der Waals surface area contributed by atoms with Gasteiger partial charge in [0.15, 0.2) is 11.6 Å². The first-order valence-corrected chi connectivity index (χ1v) is 8.56. The molecule has 1 aliphatic rings. The van der Waals surface area contributed by atoms with Gasteiger partial charge in [-0.25, -0.2) is 9.97 Å². The monoisotopic (exact) mass is 343 g/mol. The van der Waals surface area contributed by atoms with Crippen LogP contribution >= 0.6 is 0 Å². The fourth-order valence-corrected chi connectivity index (χ4v) is 2.76. The molecule has 2 aromatic rings. The fourth-order valence-electron chi connectivity index (χ4n) is 2.76. The van der Waals surface area contributed by atoms with Gasteiger partial charge in [-0.3, -0.25) is 0 Å². The van der Waals surface area contributed by atoms with E-state index >= 15 is 0 Å². The molecular weight excluding hydrogens is 318 g/mol. The lowest BCUT2D eigenvalue weighted by atomic mass is 10.1. The van der Waals surface area contributed by atoms with Crippen LogP contribution in [0.2, 0.25) is 0 Å². The third-order valence-electron chi connectivity index (χ3n) is 4.16. The Bertz CT molecular complexity index is 672. The number of benzene rings is 1. The molecule has 0 radical (unpaired) electrons. The molecule has 3 N–H and O–H groups in total. The highest BCUT2D eigenvalue weighted by Gasteiger charge is 2.12. The third kappa shape index (κ3) is 4.58. The molecular formula is C18H25N5O2. The Morgan fingerprint density at radius 1 is 1.24 bits per heavy atom. The van der Waals surface area contributed by atoms with Gasteiger partial charge in [0.25, 0.3) is 0 Å². The van der Waals surface area contributed by atoms with E-state index in [1.807, 2.05) is 0 Å². The summed E-state index contributed by atoms with van der Waals surface area (Å²) < 4.78 is 10.4. The van der Waals surface area contributed by atoms with Crippen molar-refractivity contribution < 1.29 is 9.47 Å². The maximum atomic E-state index is 5.92. The van der Waals surface area contributed by atoms with Crippen molar-refractivity contribution >= 4 is 17.3 Å². The van der Waals surface area contributed by atoms with Crippen molar-refractivity contribution in [1.82, 2.24) is 9.97 Å². The van der Waals surface area contributed by atoms with Crippen LogP contribution in [0.25, 0.3) is 11.3 Å². The van der Waals surface area contributed by atoms with E-state index in [0.29, 0.717) is 18.2 Å². The lowest BCUT2D eigenvalue weighted by Gasteiger charge is -2.28. The molecule has 0 amide bonds. The number of hydrogen-bond acceptors (Lipinski definition) is 7. The summed E-state index contributed by atoms with van der Waals surface area (Å²) in [6.45, 7) is 4.86. The second kappa shape index (κ2) is 8.64. The number of methoxy groups -OCH3 is 1. The van der Waals surface area contributed by atoms with Gasteiger partial charge in [0, 0.05) is 44.6 Å². The highest BCUT2D eigenvalue weighted by molar-refractivity contribution is 5.67. The number of nitrogens with one attached hydrogen (secondary N) is 1. The molecule has 1 saturated heterocycles. The van der Waals surface area contributed by atoms with E-state index in [2.05, 4.69) is 44.5 Å². The van der Waals surface area contributed by atoms with E-state index in [9.17, 15) is 0 Å². The smallest absolute Gasteiger partial charge is 0.169 e. The standard InChI is InChI=1S/C18H25N5O2/c1-24-10-2-7-20-18-17(19)21-13-16(22-18)14-3-5-15(6-4-14)23-8-11-25-12-9-23/h3-6,13H,2,7-12H2,1H3,(H2,19,21)(H,20,22). The Labute approximate surface area is 148 Å². The Hall–Kier alpha value is -2.38.